The molecule has 5 aromatic rings. The molecule has 5 rings (SSSR count). The molecule has 38 heavy (non-hydrogen) atoms. The Morgan fingerprint density at radius 2 is 1.89 bits per heavy atom. The van der Waals surface area contributed by atoms with Crippen molar-refractivity contribution in [2.45, 2.75) is 17.4 Å². The zero-order chi connectivity index (χ0) is 26.7. The summed E-state index contributed by atoms with van der Waals surface area (Å²) in [7, 11) is -4.04. The van der Waals surface area contributed by atoms with Crippen LogP contribution in [0.2, 0.25) is 0 Å². The van der Waals surface area contributed by atoms with Gasteiger partial charge in [0.05, 0.1) is 27.4 Å². The summed E-state index contributed by atoms with van der Waals surface area (Å²) in [6, 6.07) is 19.9. The second-order valence-corrected chi connectivity index (χ2v) is 11.1. The number of amides is 1. The summed E-state index contributed by atoms with van der Waals surface area (Å²) >= 11 is 1.40. The topological polar surface area (TPSA) is 164 Å². The molecule has 2 aromatic heterocycles. The van der Waals surface area contributed by atoms with Crippen molar-refractivity contribution in [2.75, 3.05) is 5.32 Å². The number of carbonyl (C=O) groups excluding carboxylic acids is 1. The van der Waals surface area contributed by atoms with E-state index >= 15 is 0 Å². The number of thiazole rings is 1. The number of amidine groups is 1. The molecular weight excluding hydrogens is 524 g/mol. The molecule has 1 amide bonds. The lowest BCUT2D eigenvalue weighted by Crippen LogP contribution is -2.30. The van der Waals surface area contributed by atoms with Crippen molar-refractivity contribution in [3.63, 3.8) is 0 Å². The van der Waals surface area contributed by atoms with Crippen LogP contribution >= 0.6 is 11.3 Å². The smallest absolute Gasteiger partial charge is 0.293 e. The van der Waals surface area contributed by atoms with Gasteiger partial charge in [-0.3, -0.25) is 10.2 Å². The number of sulfonamides is 1. The van der Waals surface area contributed by atoms with Gasteiger partial charge in [-0.2, -0.15) is 0 Å². The lowest BCUT2D eigenvalue weighted by molar-refractivity contribution is 0.0996. The third-order valence-corrected chi connectivity index (χ3v) is 8.26. The molecule has 0 aliphatic rings. The molecule has 0 radical (unpaired) electrons. The van der Waals surface area contributed by atoms with Gasteiger partial charge in [0.25, 0.3) is 5.91 Å². The lowest BCUT2D eigenvalue weighted by Gasteiger charge is -2.18. The molecule has 2 heterocycles. The van der Waals surface area contributed by atoms with E-state index in [2.05, 4.69) is 20.0 Å². The fraction of sp³-hybridized carbons (Fsp3) is 0.0769. The van der Waals surface area contributed by atoms with Crippen molar-refractivity contribution in [2.24, 2.45) is 5.73 Å². The van der Waals surface area contributed by atoms with Crippen molar-refractivity contribution in [3.8, 4) is 0 Å². The molecule has 3 aromatic carbocycles. The molecule has 0 bridgehead atoms. The number of para-hydroxylation sites is 1. The Morgan fingerprint density at radius 1 is 1.08 bits per heavy atom. The molecule has 192 valence electrons. The minimum absolute atomic E-state index is 0.0000708. The molecule has 1 atom stereocenters. The van der Waals surface area contributed by atoms with Crippen LogP contribution in [0, 0.1) is 5.41 Å². The van der Waals surface area contributed by atoms with Gasteiger partial charge in [0.15, 0.2) is 6.39 Å². The van der Waals surface area contributed by atoms with E-state index in [0.29, 0.717) is 10.6 Å². The van der Waals surface area contributed by atoms with Gasteiger partial charge in [0, 0.05) is 11.3 Å². The molecule has 1 unspecified atom stereocenters. The summed E-state index contributed by atoms with van der Waals surface area (Å²) in [6.45, 7) is 0. The quantitative estimate of drug-likeness (QED) is 0.160. The zero-order valence-electron chi connectivity index (χ0n) is 19.8. The van der Waals surface area contributed by atoms with Crippen LogP contribution in [0.3, 0.4) is 0 Å². The number of nitrogens with one attached hydrogen (secondary N) is 3. The number of nitrogens with zero attached hydrogens (tertiary/aromatic N) is 2. The van der Waals surface area contributed by atoms with Gasteiger partial charge in [-0.15, -0.1) is 11.3 Å². The fourth-order valence-corrected chi connectivity index (χ4v) is 6.18. The van der Waals surface area contributed by atoms with Crippen LogP contribution in [0.1, 0.15) is 32.7 Å². The highest BCUT2D eigenvalue weighted by Crippen LogP contribution is 2.30. The fourth-order valence-electron chi connectivity index (χ4n) is 3.84. The Morgan fingerprint density at radius 3 is 2.66 bits per heavy atom. The Labute approximate surface area is 222 Å². The van der Waals surface area contributed by atoms with Crippen LogP contribution in [0.25, 0.3) is 10.2 Å². The predicted molar refractivity (Wildman–Crippen MR) is 145 cm³/mol. The van der Waals surface area contributed by atoms with Gasteiger partial charge >= 0.3 is 0 Å². The first-order chi connectivity index (χ1) is 18.3. The number of carbonyl (C=O) groups is 1. The van der Waals surface area contributed by atoms with Gasteiger partial charge in [-0.25, -0.2) is 23.1 Å². The molecule has 12 heteroatoms. The number of oxazole rings is 1. The van der Waals surface area contributed by atoms with Crippen LogP contribution < -0.4 is 15.8 Å². The maximum Gasteiger partial charge on any atom is 0.293 e. The first kappa shape index (κ1) is 25.3. The van der Waals surface area contributed by atoms with E-state index in [9.17, 15) is 13.2 Å². The van der Waals surface area contributed by atoms with Crippen molar-refractivity contribution in [1.82, 2.24) is 14.7 Å². The Hall–Kier alpha value is -4.39. The molecule has 0 aliphatic carbocycles. The highest BCUT2D eigenvalue weighted by atomic mass is 32.2. The van der Waals surface area contributed by atoms with E-state index in [-0.39, 0.29) is 28.6 Å². The minimum atomic E-state index is -4.04. The summed E-state index contributed by atoms with van der Waals surface area (Å²) in [5.74, 6) is -0.629. The number of nitrogens with two attached hydrogens (primary N) is 1. The highest BCUT2D eigenvalue weighted by Gasteiger charge is 2.25. The minimum Gasteiger partial charge on any atom is -0.438 e. The number of benzene rings is 3. The number of hydrogen-bond donors (Lipinski definition) is 4. The van der Waals surface area contributed by atoms with E-state index in [1.807, 2.05) is 30.3 Å². The van der Waals surface area contributed by atoms with Crippen LogP contribution in [-0.2, 0) is 16.4 Å². The molecule has 5 N–H and O–H groups in total. The van der Waals surface area contributed by atoms with Gasteiger partial charge in [-0.05, 0) is 48.4 Å². The standard InChI is InChI=1S/C26H22N6O4S2/c27-24(28)17-6-3-5-16(11-17)12-21(26-31-20-9-1-2-10-23(20)37-26)32-38(34,35)19-8-4-7-18(13-19)30-25(33)22-14-29-15-36-22/h1-11,13-15,21,32H,12H2,(H3,27,28)(H,30,33). The maximum absolute atomic E-state index is 13.5. The monoisotopic (exact) mass is 546 g/mol. The summed E-state index contributed by atoms with van der Waals surface area (Å²) < 4.78 is 35.8. The second-order valence-electron chi connectivity index (χ2n) is 8.36. The molecule has 10 nitrogen and oxygen atoms in total. The number of anilines is 1. The first-order valence-corrected chi connectivity index (χ1v) is 13.7. The predicted octanol–water partition coefficient (Wildman–Crippen LogP) is 4.08. The molecule has 0 fully saturated rings. The van der Waals surface area contributed by atoms with Crippen LogP contribution in [0.5, 0.6) is 0 Å². The van der Waals surface area contributed by atoms with Crippen LogP contribution in [0.4, 0.5) is 5.69 Å². The second kappa shape index (κ2) is 10.5. The third kappa shape index (κ3) is 5.62. The van der Waals surface area contributed by atoms with Crippen molar-refractivity contribution >= 4 is 49.0 Å². The lowest BCUT2D eigenvalue weighted by atomic mass is 10.0. The van der Waals surface area contributed by atoms with E-state index in [1.54, 1.807) is 24.3 Å². The summed E-state index contributed by atoms with van der Waals surface area (Å²) in [5.41, 5.74) is 8.04. The first-order valence-electron chi connectivity index (χ1n) is 11.4. The molecule has 0 aliphatic heterocycles. The third-order valence-electron chi connectivity index (χ3n) is 5.64. The Bertz CT molecular complexity index is 1700. The van der Waals surface area contributed by atoms with Gasteiger partial charge in [-0.1, -0.05) is 36.4 Å². The number of aromatic nitrogens is 2. The molecule has 0 saturated heterocycles. The molecule has 0 saturated carbocycles. The average molecular weight is 547 g/mol. The van der Waals surface area contributed by atoms with E-state index in [1.165, 1.54) is 35.7 Å². The van der Waals surface area contributed by atoms with Gasteiger partial charge < -0.3 is 15.5 Å². The number of nitrogen functional groups attached to an aromatic ring is 1. The van der Waals surface area contributed by atoms with E-state index in [4.69, 9.17) is 15.6 Å². The number of fused-ring (bicyclic) bond motifs is 1. The average Bonchev–Trinajstić information content (AvgIpc) is 3.59. The SMILES string of the molecule is N=C(N)c1cccc(CC(NS(=O)(=O)c2cccc(NC(=O)c3cnco3)c2)c2nc3ccccc3s2)c1. The van der Waals surface area contributed by atoms with Gasteiger partial charge in [0.1, 0.15) is 10.8 Å². The van der Waals surface area contributed by atoms with Crippen molar-refractivity contribution in [3.05, 3.63) is 107 Å². The Kier molecular flexibility index (Phi) is 7.01. The summed E-state index contributed by atoms with van der Waals surface area (Å²) in [5, 5.41) is 10.9. The normalized spacial score (nSPS) is 12.3. The van der Waals surface area contributed by atoms with E-state index < -0.39 is 22.0 Å². The molecular formula is C26H22N6O4S2. The largest absolute Gasteiger partial charge is 0.438 e. The van der Waals surface area contributed by atoms with Crippen molar-refractivity contribution in [1.29, 1.82) is 5.41 Å². The zero-order valence-corrected chi connectivity index (χ0v) is 21.4. The van der Waals surface area contributed by atoms with Crippen molar-refractivity contribution < 1.29 is 17.6 Å². The number of hydrogen-bond acceptors (Lipinski definition) is 8. The highest BCUT2D eigenvalue weighted by molar-refractivity contribution is 7.89. The summed E-state index contributed by atoms with van der Waals surface area (Å²) in [4.78, 5) is 20.7. The molecule has 0 spiro atoms. The van der Waals surface area contributed by atoms with E-state index in [0.717, 1.165) is 22.2 Å². The van der Waals surface area contributed by atoms with Crippen LogP contribution in [-0.4, -0.2) is 30.1 Å². The Balaban J connectivity index is 1.45. The summed E-state index contributed by atoms with van der Waals surface area (Å²) in [6.07, 6.45) is 2.68. The maximum atomic E-state index is 13.5. The number of rotatable bonds is 9. The van der Waals surface area contributed by atoms with Gasteiger partial charge in [0.2, 0.25) is 15.8 Å². The van der Waals surface area contributed by atoms with Crippen LogP contribution in [0.15, 0.2) is 94.7 Å².